The van der Waals surface area contributed by atoms with Crippen LogP contribution < -0.4 is 5.32 Å². The zero-order valence-electron chi connectivity index (χ0n) is 8.52. The zero-order chi connectivity index (χ0) is 12.5. The Balaban J connectivity index is 3.22. The number of aromatic nitrogens is 2. The molecule has 1 aromatic heterocycles. The van der Waals surface area contributed by atoms with E-state index in [4.69, 9.17) is 11.6 Å². The molecule has 0 unspecified atom stereocenters. The number of alkyl halides is 3. The van der Waals surface area contributed by atoms with Gasteiger partial charge in [-0.3, -0.25) is 9.48 Å². The minimum atomic E-state index is -4.64. The molecule has 1 rings (SSSR count). The van der Waals surface area contributed by atoms with Gasteiger partial charge in [-0.25, -0.2) is 0 Å². The van der Waals surface area contributed by atoms with E-state index >= 15 is 0 Å². The summed E-state index contributed by atoms with van der Waals surface area (Å²) in [5.74, 6) is -0.724. The molecule has 4 nitrogen and oxygen atoms in total. The first-order valence-corrected chi connectivity index (χ1v) is 4.74. The second kappa shape index (κ2) is 4.32. The number of halogens is 4. The minimum absolute atomic E-state index is 0.285. The zero-order valence-corrected chi connectivity index (χ0v) is 9.28. The fourth-order valence-electron chi connectivity index (χ4n) is 1.20. The number of nitrogens with one attached hydrogen (secondary N) is 1. The molecule has 0 bridgehead atoms. The van der Waals surface area contributed by atoms with Crippen molar-refractivity contribution in [3.05, 3.63) is 16.4 Å². The van der Waals surface area contributed by atoms with Gasteiger partial charge in [0.25, 0.3) is 5.91 Å². The van der Waals surface area contributed by atoms with E-state index < -0.39 is 28.5 Å². The van der Waals surface area contributed by atoms with Crippen molar-refractivity contribution in [1.82, 2.24) is 15.1 Å². The summed E-state index contributed by atoms with van der Waals surface area (Å²) in [5.41, 5.74) is -1.55. The van der Waals surface area contributed by atoms with Crippen LogP contribution in [0.25, 0.3) is 0 Å². The van der Waals surface area contributed by atoms with E-state index in [1.807, 2.05) is 0 Å². The van der Waals surface area contributed by atoms with Gasteiger partial charge in [0, 0.05) is 13.6 Å². The van der Waals surface area contributed by atoms with Crippen molar-refractivity contribution in [3.8, 4) is 0 Å². The van der Waals surface area contributed by atoms with E-state index in [-0.39, 0.29) is 6.54 Å². The third-order valence-corrected chi connectivity index (χ3v) is 2.17. The Labute approximate surface area is 94.4 Å². The molecule has 0 saturated carbocycles. The summed E-state index contributed by atoms with van der Waals surface area (Å²) in [6.45, 7) is 1.92. The van der Waals surface area contributed by atoms with Crippen molar-refractivity contribution in [2.75, 3.05) is 6.54 Å². The van der Waals surface area contributed by atoms with Gasteiger partial charge in [0.15, 0.2) is 11.4 Å². The van der Waals surface area contributed by atoms with Crippen LogP contribution in [0.4, 0.5) is 13.2 Å². The van der Waals surface area contributed by atoms with Crippen molar-refractivity contribution in [3.63, 3.8) is 0 Å². The Morgan fingerprint density at radius 1 is 1.56 bits per heavy atom. The maximum absolute atomic E-state index is 12.5. The third-order valence-electron chi connectivity index (χ3n) is 1.81. The molecule has 0 aromatic carbocycles. The number of nitrogens with zero attached hydrogens (tertiary/aromatic N) is 2. The number of carbonyl (C=O) groups is 1. The molecule has 0 spiro atoms. The number of rotatable bonds is 2. The molecule has 1 N–H and O–H groups in total. The number of hydrogen-bond donors (Lipinski definition) is 1. The molecule has 0 saturated heterocycles. The van der Waals surface area contributed by atoms with Crippen LogP contribution in [-0.4, -0.2) is 22.2 Å². The van der Waals surface area contributed by atoms with E-state index in [0.29, 0.717) is 4.68 Å². The van der Waals surface area contributed by atoms with Crippen molar-refractivity contribution in [2.24, 2.45) is 7.05 Å². The van der Waals surface area contributed by atoms with Gasteiger partial charge in [-0.1, -0.05) is 11.6 Å². The van der Waals surface area contributed by atoms with Crippen molar-refractivity contribution in [2.45, 2.75) is 13.1 Å². The normalized spacial score (nSPS) is 11.6. The van der Waals surface area contributed by atoms with E-state index in [2.05, 4.69) is 10.4 Å². The summed E-state index contributed by atoms with van der Waals surface area (Å²) in [7, 11) is 1.08. The quantitative estimate of drug-likeness (QED) is 0.877. The van der Waals surface area contributed by atoms with Gasteiger partial charge in [-0.05, 0) is 6.92 Å². The topological polar surface area (TPSA) is 46.9 Å². The minimum Gasteiger partial charge on any atom is -0.351 e. The van der Waals surface area contributed by atoms with Crippen molar-refractivity contribution >= 4 is 17.5 Å². The predicted octanol–water partition coefficient (Wildman–Crippen LogP) is 1.84. The van der Waals surface area contributed by atoms with Gasteiger partial charge in [0.05, 0.1) is 0 Å². The van der Waals surface area contributed by atoms with Crippen LogP contribution in [0.2, 0.25) is 5.02 Å². The van der Waals surface area contributed by atoms with Gasteiger partial charge in [-0.2, -0.15) is 18.3 Å². The first-order valence-electron chi connectivity index (χ1n) is 4.37. The monoisotopic (exact) mass is 255 g/mol. The lowest BCUT2D eigenvalue weighted by Gasteiger charge is -2.06. The lowest BCUT2D eigenvalue weighted by molar-refractivity contribution is -0.143. The molecule has 0 radical (unpaired) electrons. The van der Waals surface area contributed by atoms with Crippen LogP contribution in [-0.2, 0) is 13.2 Å². The van der Waals surface area contributed by atoms with Crippen LogP contribution in [0.3, 0.4) is 0 Å². The third kappa shape index (κ3) is 2.29. The van der Waals surface area contributed by atoms with Crippen LogP contribution in [0, 0.1) is 0 Å². The second-order valence-electron chi connectivity index (χ2n) is 2.99. The molecule has 1 amide bonds. The molecule has 0 aliphatic carbocycles. The number of aryl methyl sites for hydroxylation is 1. The van der Waals surface area contributed by atoms with E-state index in [9.17, 15) is 18.0 Å². The highest BCUT2D eigenvalue weighted by atomic mass is 35.5. The molecule has 0 fully saturated rings. The molecule has 1 heterocycles. The fourth-order valence-corrected chi connectivity index (χ4v) is 1.55. The summed E-state index contributed by atoms with van der Waals surface area (Å²) >= 11 is 5.48. The average Bonchev–Trinajstić information content (AvgIpc) is 2.41. The highest BCUT2D eigenvalue weighted by Gasteiger charge is 2.39. The molecule has 0 aliphatic heterocycles. The Bertz CT molecular complexity index is 413. The molecule has 90 valence electrons. The van der Waals surface area contributed by atoms with Gasteiger partial charge in [0.2, 0.25) is 0 Å². The number of amides is 1. The lowest BCUT2D eigenvalue weighted by atomic mass is 10.3. The molecule has 0 atom stereocenters. The van der Waals surface area contributed by atoms with Crippen molar-refractivity contribution < 1.29 is 18.0 Å². The smallest absolute Gasteiger partial charge is 0.351 e. The van der Waals surface area contributed by atoms with Gasteiger partial charge in [-0.15, -0.1) is 0 Å². The molecular formula is C8H9ClF3N3O. The fraction of sp³-hybridized carbons (Fsp3) is 0.500. The summed E-state index contributed by atoms with van der Waals surface area (Å²) in [6, 6.07) is 0. The first kappa shape index (κ1) is 12.8. The maximum Gasteiger partial charge on any atom is 0.434 e. The van der Waals surface area contributed by atoms with Gasteiger partial charge < -0.3 is 5.32 Å². The van der Waals surface area contributed by atoms with Crippen LogP contribution in [0.5, 0.6) is 0 Å². The first-order chi connectivity index (χ1) is 7.29. The van der Waals surface area contributed by atoms with Crippen LogP contribution in [0.15, 0.2) is 0 Å². The molecular weight excluding hydrogens is 247 g/mol. The van der Waals surface area contributed by atoms with E-state index in [1.54, 1.807) is 6.92 Å². The molecule has 16 heavy (non-hydrogen) atoms. The van der Waals surface area contributed by atoms with Crippen molar-refractivity contribution in [1.29, 1.82) is 0 Å². The Kier molecular flexibility index (Phi) is 3.47. The SMILES string of the molecule is CCNC(=O)c1nn(C)c(C(F)(F)F)c1Cl. The molecule has 8 heteroatoms. The Hall–Kier alpha value is -1.24. The Morgan fingerprint density at radius 3 is 2.50 bits per heavy atom. The molecule has 0 aliphatic rings. The molecule has 1 aromatic rings. The van der Waals surface area contributed by atoms with Crippen LogP contribution >= 0.6 is 11.6 Å². The maximum atomic E-state index is 12.5. The van der Waals surface area contributed by atoms with Gasteiger partial charge >= 0.3 is 6.18 Å². The average molecular weight is 256 g/mol. The Morgan fingerprint density at radius 2 is 2.12 bits per heavy atom. The second-order valence-corrected chi connectivity index (χ2v) is 3.37. The number of hydrogen-bond acceptors (Lipinski definition) is 2. The van der Waals surface area contributed by atoms with Gasteiger partial charge in [0.1, 0.15) is 5.02 Å². The standard InChI is InChI=1S/C8H9ClF3N3O/c1-3-13-7(16)5-4(9)6(8(10,11)12)15(2)14-5/h3H2,1-2H3,(H,13,16). The summed E-state index contributed by atoms with van der Waals surface area (Å²) < 4.78 is 38.0. The largest absolute Gasteiger partial charge is 0.434 e. The number of carbonyl (C=O) groups excluding carboxylic acids is 1. The van der Waals surface area contributed by atoms with E-state index in [0.717, 1.165) is 7.05 Å². The highest BCUT2D eigenvalue weighted by molar-refractivity contribution is 6.34. The predicted molar refractivity (Wildman–Crippen MR) is 51.2 cm³/mol. The lowest BCUT2D eigenvalue weighted by Crippen LogP contribution is -2.23. The van der Waals surface area contributed by atoms with E-state index in [1.165, 1.54) is 0 Å². The summed E-state index contributed by atoms with van der Waals surface area (Å²) in [6.07, 6.45) is -4.64. The highest BCUT2D eigenvalue weighted by Crippen LogP contribution is 2.35. The van der Waals surface area contributed by atoms with Crippen LogP contribution in [0.1, 0.15) is 23.1 Å². The summed E-state index contributed by atoms with van der Waals surface area (Å²) in [5, 5.41) is 5.10. The summed E-state index contributed by atoms with van der Waals surface area (Å²) in [4.78, 5) is 11.3.